The number of benzene rings is 1. The molecule has 1 spiro atoms. The normalized spacial score (nSPS) is 21.2. The number of methoxy groups -OCH3 is 1. The van der Waals surface area contributed by atoms with E-state index in [1.165, 1.54) is 0 Å². The maximum atomic E-state index is 14.4. The molecule has 1 aromatic carbocycles. The molecule has 2 atom stereocenters. The molecule has 3 aromatic heterocycles. The van der Waals surface area contributed by atoms with Crippen LogP contribution in [0.15, 0.2) is 53.7 Å². The number of hydrogen-bond acceptors (Lipinski definition) is 10. The van der Waals surface area contributed by atoms with Gasteiger partial charge in [0.25, 0.3) is 0 Å². The SMILES string of the molecule is [B]c1cc2c(=O)c(CN(Cc3ccnc(OC)c3)C3CCCN(c4ccc(NC)nc4)C3)cn3c2c(c1N1CC2(COC2)C1)OCC3C. The fourth-order valence-electron chi connectivity index (χ4n) is 7.89. The van der Waals surface area contributed by atoms with Crippen molar-refractivity contribution in [3.05, 3.63) is 70.3 Å². The van der Waals surface area contributed by atoms with E-state index in [0.29, 0.717) is 36.4 Å². The van der Waals surface area contributed by atoms with Gasteiger partial charge < -0.3 is 33.9 Å². The lowest BCUT2D eigenvalue weighted by atomic mass is 9.76. The number of pyridine rings is 3. The quantitative estimate of drug-likeness (QED) is 0.273. The van der Waals surface area contributed by atoms with E-state index < -0.39 is 0 Å². The zero-order valence-electron chi connectivity index (χ0n) is 27.9. The van der Waals surface area contributed by atoms with Crippen LogP contribution in [-0.4, -0.2) is 93.5 Å². The maximum Gasteiger partial charge on any atom is 0.213 e. The van der Waals surface area contributed by atoms with E-state index in [9.17, 15) is 4.79 Å². The van der Waals surface area contributed by atoms with Crippen molar-refractivity contribution in [1.29, 1.82) is 0 Å². The summed E-state index contributed by atoms with van der Waals surface area (Å²) in [5.74, 6) is 2.15. The van der Waals surface area contributed by atoms with E-state index in [1.54, 1.807) is 13.3 Å². The first kappa shape index (κ1) is 31.0. The number of aromatic nitrogens is 3. The van der Waals surface area contributed by atoms with Crippen molar-refractivity contribution in [3.63, 3.8) is 0 Å². The van der Waals surface area contributed by atoms with Crippen molar-refractivity contribution in [2.75, 3.05) is 75.3 Å². The number of rotatable bonds is 9. The van der Waals surface area contributed by atoms with Crippen LogP contribution in [0.25, 0.3) is 10.9 Å². The minimum absolute atomic E-state index is 0.00255. The molecule has 4 aliphatic heterocycles. The van der Waals surface area contributed by atoms with Crippen LogP contribution < -0.4 is 35.5 Å². The predicted molar refractivity (Wildman–Crippen MR) is 188 cm³/mol. The molecule has 2 radical (unpaired) electrons. The Kier molecular flexibility index (Phi) is 7.95. The van der Waals surface area contributed by atoms with Crippen molar-refractivity contribution >= 4 is 41.4 Å². The highest BCUT2D eigenvalue weighted by atomic mass is 16.5. The summed E-state index contributed by atoms with van der Waals surface area (Å²) in [7, 11) is 10.3. The standard InChI is InChI=1S/C36H42BN7O4/c1-23-18-48-35-32-28(12-29(37)33(35)43-19-36(20-43)21-47-22-36)34(45)25(16-44(23)32)15-42(14-24-8-9-39-31(11-24)46-3)27-5-4-10-41(17-27)26-6-7-30(38-2)40-13-26/h6-9,11-13,16,23,27H,4-5,10,14-15,17-22H2,1-3H3,(H,38,40). The summed E-state index contributed by atoms with van der Waals surface area (Å²) in [4.78, 5) is 30.5. The van der Waals surface area contributed by atoms with E-state index in [1.807, 2.05) is 37.5 Å². The first-order chi connectivity index (χ1) is 23.3. The maximum absolute atomic E-state index is 14.4. The number of nitrogens with zero attached hydrogens (tertiary/aromatic N) is 6. The monoisotopic (exact) mass is 647 g/mol. The second-order valence-electron chi connectivity index (χ2n) is 13.9. The molecule has 3 fully saturated rings. The Hall–Kier alpha value is -4.29. The third-order valence-electron chi connectivity index (χ3n) is 10.5. The van der Waals surface area contributed by atoms with Crippen molar-refractivity contribution in [2.45, 2.75) is 44.9 Å². The van der Waals surface area contributed by atoms with Gasteiger partial charge in [-0.25, -0.2) is 9.97 Å². The largest absolute Gasteiger partial charge is 0.487 e. The van der Waals surface area contributed by atoms with Crippen LogP contribution in [0.5, 0.6) is 11.6 Å². The minimum atomic E-state index is 0.00255. The van der Waals surface area contributed by atoms with Crippen LogP contribution in [0.3, 0.4) is 0 Å². The Labute approximate surface area is 282 Å². The molecular formula is C36H42BN7O4. The lowest BCUT2D eigenvalue weighted by Crippen LogP contribution is -2.66. The molecule has 0 saturated carbocycles. The van der Waals surface area contributed by atoms with E-state index >= 15 is 0 Å². The molecule has 3 saturated heterocycles. The number of hydrogen-bond donors (Lipinski definition) is 1. The van der Waals surface area contributed by atoms with Crippen LogP contribution in [0, 0.1) is 5.41 Å². The van der Waals surface area contributed by atoms with Crippen LogP contribution in [0.2, 0.25) is 0 Å². The summed E-state index contributed by atoms with van der Waals surface area (Å²) < 4.78 is 19.6. The lowest BCUT2D eigenvalue weighted by molar-refractivity contribution is -0.127. The van der Waals surface area contributed by atoms with E-state index in [0.717, 1.165) is 91.8 Å². The third kappa shape index (κ3) is 5.44. The van der Waals surface area contributed by atoms with Gasteiger partial charge in [-0.15, -0.1) is 0 Å². The molecule has 4 aliphatic rings. The highest BCUT2D eigenvalue weighted by Crippen LogP contribution is 2.45. The van der Waals surface area contributed by atoms with Crippen LogP contribution in [0.4, 0.5) is 17.2 Å². The second kappa shape index (κ2) is 12.3. The molecule has 1 N–H and O–H groups in total. The predicted octanol–water partition coefficient (Wildman–Crippen LogP) is 3.10. The van der Waals surface area contributed by atoms with Gasteiger partial charge in [-0.05, 0) is 43.5 Å². The smallest absolute Gasteiger partial charge is 0.213 e. The molecule has 2 unspecified atom stereocenters. The highest BCUT2D eigenvalue weighted by molar-refractivity contribution is 6.38. The number of nitrogens with one attached hydrogen (secondary N) is 1. The number of ether oxygens (including phenoxy) is 3. The molecule has 48 heavy (non-hydrogen) atoms. The summed E-state index contributed by atoms with van der Waals surface area (Å²) in [5.41, 5.74) is 5.50. The molecule has 11 nitrogen and oxygen atoms in total. The Morgan fingerprint density at radius 1 is 1.15 bits per heavy atom. The van der Waals surface area contributed by atoms with Gasteiger partial charge in [0.1, 0.15) is 20.3 Å². The zero-order valence-corrected chi connectivity index (χ0v) is 27.9. The molecule has 0 bridgehead atoms. The number of anilines is 3. The van der Waals surface area contributed by atoms with Gasteiger partial charge in [-0.3, -0.25) is 9.69 Å². The second-order valence-corrected chi connectivity index (χ2v) is 13.9. The van der Waals surface area contributed by atoms with Gasteiger partial charge in [0.05, 0.1) is 54.9 Å². The van der Waals surface area contributed by atoms with E-state index in [2.05, 4.69) is 53.7 Å². The summed E-state index contributed by atoms with van der Waals surface area (Å²) in [5, 5.41) is 3.72. The summed E-state index contributed by atoms with van der Waals surface area (Å²) in [6.07, 6.45) is 7.85. The van der Waals surface area contributed by atoms with Gasteiger partial charge in [-0.1, -0.05) is 11.5 Å². The average Bonchev–Trinajstić information content (AvgIpc) is 3.07. The van der Waals surface area contributed by atoms with Crippen LogP contribution in [0.1, 0.15) is 36.9 Å². The molecule has 4 aromatic rings. The Balaban J connectivity index is 1.15. The number of piperidine rings is 1. The summed E-state index contributed by atoms with van der Waals surface area (Å²) in [6.45, 7) is 8.96. The van der Waals surface area contributed by atoms with Gasteiger partial charge in [0.2, 0.25) is 5.88 Å². The molecule has 248 valence electrons. The Morgan fingerprint density at radius 2 is 2.00 bits per heavy atom. The minimum Gasteiger partial charge on any atom is -0.487 e. The highest BCUT2D eigenvalue weighted by Gasteiger charge is 2.50. The van der Waals surface area contributed by atoms with Crippen LogP contribution >= 0.6 is 0 Å². The van der Waals surface area contributed by atoms with E-state index in [4.69, 9.17) is 22.1 Å². The Morgan fingerprint density at radius 3 is 2.73 bits per heavy atom. The lowest BCUT2D eigenvalue weighted by Gasteiger charge is -2.56. The topological polar surface area (TPSA) is 97.2 Å². The van der Waals surface area contributed by atoms with Gasteiger partial charge in [0, 0.05) is 81.8 Å². The van der Waals surface area contributed by atoms with Gasteiger partial charge in [0.15, 0.2) is 11.2 Å². The molecule has 12 heteroatoms. The molecular weight excluding hydrogens is 605 g/mol. The van der Waals surface area contributed by atoms with Crippen molar-refractivity contribution < 1.29 is 14.2 Å². The zero-order chi connectivity index (χ0) is 33.0. The molecule has 7 heterocycles. The fourth-order valence-corrected chi connectivity index (χ4v) is 7.89. The first-order valence-electron chi connectivity index (χ1n) is 16.9. The van der Waals surface area contributed by atoms with Crippen molar-refractivity contribution in [1.82, 2.24) is 19.4 Å². The Bertz CT molecular complexity index is 1890. The average molecular weight is 648 g/mol. The van der Waals surface area contributed by atoms with Crippen molar-refractivity contribution in [3.8, 4) is 11.6 Å². The van der Waals surface area contributed by atoms with Crippen LogP contribution in [-0.2, 0) is 17.8 Å². The first-order valence-corrected chi connectivity index (χ1v) is 16.9. The van der Waals surface area contributed by atoms with E-state index in [-0.39, 0.29) is 22.9 Å². The molecule has 0 amide bonds. The molecule has 8 rings (SSSR count). The fraction of sp³-hybridized carbons (Fsp3) is 0.472. The van der Waals surface area contributed by atoms with Crippen molar-refractivity contribution in [2.24, 2.45) is 5.41 Å². The summed E-state index contributed by atoms with van der Waals surface area (Å²) in [6, 6.07) is 10.3. The molecule has 0 aliphatic carbocycles. The van der Waals surface area contributed by atoms with Gasteiger partial charge >= 0.3 is 0 Å². The summed E-state index contributed by atoms with van der Waals surface area (Å²) >= 11 is 0. The third-order valence-corrected chi connectivity index (χ3v) is 10.5. The van der Waals surface area contributed by atoms with Gasteiger partial charge in [-0.2, -0.15) is 0 Å².